The third-order valence-corrected chi connectivity index (χ3v) is 6.18. The predicted molar refractivity (Wildman–Crippen MR) is 98.9 cm³/mol. The van der Waals surface area contributed by atoms with Crippen molar-refractivity contribution >= 4 is 11.8 Å². The fourth-order valence-corrected chi connectivity index (χ4v) is 4.79. The van der Waals surface area contributed by atoms with Gasteiger partial charge in [-0.2, -0.15) is 0 Å². The Morgan fingerprint density at radius 3 is 2.59 bits per heavy atom. The van der Waals surface area contributed by atoms with Crippen LogP contribution in [-0.4, -0.2) is 42.4 Å². The Hall–Kier alpha value is -1.99. The molecule has 146 valence electrons. The Labute approximate surface area is 158 Å². The third kappa shape index (κ3) is 3.71. The molecule has 7 heteroatoms. The minimum absolute atomic E-state index is 0.00671. The first-order valence-corrected chi connectivity index (χ1v) is 9.97. The van der Waals surface area contributed by atoms with Gasteiger partial charge in [0, 0.05) is 25.7 Å². The topological polar surface area (TPSA) is 73.5 Å². The lowest BCUT2D eigenvalue weighted by molar-refractivity contribution is -0.146. The van der Waals surface area contributed by atoms with Gasteiger partial charge in [0.25, 0.3) is 0 Å². The van der Waals surface area contributed by atoms with E-state index < -0.39 is 6.04 Å². The average Bonchev–Trinajstić information content (AvgIpc) is 3.19. The summed E-state index contributed by atoms with van der Waals surface area (Å²) in [7, 11) is 0. The highest BCUT2D eigenvalue weighted by Crippen LogP contribution is 2.33. The lowest BCUT2D eigenvalue weighted by Crippen LogP contribution is -2.55. The van der Waals surface area contributed by atoms with E-state index in [1.807, 2.05) is 0 Å². The summed E-state index contributed by atoms with van der Waals surface area (Å²) >= 11 is 0. The van der Waals surface area contributed by atoms with Crippen LogP contribution in [-0.2, 0) is 9.59 Å². The number of rotatable bonds is 3. The van der Waals surface area contributed by atoms with E-state index >= 15 is 0 Å². The lowest BCUT2D eigenvalue weighted by atomic mass is 9.79. The van der Waals surface area contributed by atoms with Crippen molar-refractivity contribution < 1.29 is 14.0 Å². The van der Waals surface area contributed by atoms with Gasteiger partial charge in [0.05, 0.1) is 5.92 Å². The number of amides is 2. The van der Waals surface area contributed by atoms with Gasteiger partial charge < -0.3 is 10.2 Å². The number of piperazine rings is 1. The molecule has 0 aromatic heterocycles. The Kier molecular flexibility index (Phi) is 5.41. The molecular weight excluding hydrogens is 347 g/mol. The van der Waals surface area contributed by atoms with Gasteiger partial charge in [-0.3, -0.25) is 20.4 Å². The lowest BCUT2D eigenvalue weighted by Gasteiger charge is -2.38. The second-order valence-corrected chi connectivity index (χ2v) is 7.83. The van der Waals surface area contributed by atoms with Gasteiger partial charge in [-0.15, -0.1) is 0 Å². The molecule has 2 aliphatic heterocycles. The first-order chi connectivity index (χ1) is 13.1. The average molecular weight is 374 g/mol. The van der Waals surface area contributed by atoms with Crippen molar-refractivity contribution in [2.75, 3.05) is 19.6 Å². The van der Waals surface area contributed by atoms with E-state index in [0.29, 0.717) is 31.1 Å². The number of halogens is 1. The first-order valence-electron chi connectivity index (χ1n) is 9.97. The van der Waals surface area contributed by atoms with Gasteiger partial charge in [-0.05, 0) is 36.5 Å². The van der Waals surface area contributed by atoms with Crippen LogP contribution in [0.3, 0.4) is 0 Å². The van der Waals surface area contributed by atoms with E-state index in [1.165, 1.54) is 31.4 Å². The van der Waals surface area contributed by atoms with E-state index in [1.54, 1.807) is 17.0 Å². The number of hydrazine groups is 1. The van der Waals surface area contributed by atoms with Crippen molar-refractivity contribution in [2.45, 2.75) is 44.2 Å². The Balaban J connectivity index is 1.56. The highest BCUT2D eigenvalue weighted by Gasteiger charge is 2.44. The number of nitrogens with one attached hydrogen (secondary N) is 3. The minimum atomic E-state index is -0.695. The molecule has 27 heavy (non-hydrogen) atoms. The van der Waals surface area contributed by atoms with Crippen molar-refractivity contribution in [1.29, 1.82) is 0 Å². The quantitative estimate of drug-likeness (QED) is 0.750. The molecule has 3 aliphatic rings. The predicted octanol–water partition coefficient (Wildman–Crippen LogP) is 1.50. The summed E-state index contributed by atoms with van der Waals surface area (Å²) in [5, 5.41) is 2.84. The van der Waals surface area contributed by atoms with Gasteiger partial charge in [-0.1, -0.05) is 31.4 Å². The van der Waals surface area contributed by atoms with Gasteiger partial charge in [0.15, 0.2) is 0 Å². The number of carbonyl (C=O) groups excluding carboxylic acids is 2. The van der Waals surface area contributed by atoms with Crippen LogP contribution in [0.25, 0.3) is 0 Å². The molecule has 2 amide bonds. The molecule has 2 saturated heterocycles. The van der Waals surface area contributed by atoms with Gasteiger partial charge >= 0.3 is 0 Å². The number of nitrogens with zero attached hydrogens (tertiary/aromatic N) is 1. The minimum Gasteiger partial charge on any atom is -0.352 e. The number of hydrogen-bond donors (Lipinski definition) is 3. The standard InChI is InChI=1S/C20H27FN4O2/c21-15-8-6-14(7-9-15)18-19(26)22-10-11-25(18)20(27)16-12-23-24-17(16)13-4-2-1-3-5-13/h6-9,13,16-18,23-24H,1-5,10-12H2,(H,22,26). The molecule has 4 rings (SSSR count). The molecule has 0 radical (unpaired) electrons. The van der Waals surface area contributed by atoms with E-state index in [0.717, 1.165) is 12.8 Å². The van der Waals surface area contributed by atoms with E-state index in [9.17, 15) is 14.0 Å². The largest absolute Gasteiger partial charge is 0.352 e. The van der Waals surface area contributed by atoms with Crippen molar-refractivity contribution in [1.82, 2.24) is 21.1 Å². The van der Waals surface area contributed by atoms with Crippen LogP contribution in [0.4, 0.5) is 4.39 Å². The second-order valence-electron chi connectivity index (χ2n) is 7.83. The van der Waals surface area contributed by atoms with Crippen LogP contribution >= 0.6 is 0 Å². The molecule has 0 bridgehead atoms. The molecule has 1 aromatic carbocycles. The summed E-state index contributed by atoms with van der Waals surface area (Å²) in [6, 6.07) is 5.27. The Bertz CT molecular complexity index is 690. The maximum atomic E-state index is 13.4. The fraction of sp³-hybridized carbons (Fsp3) is 0.600. The molecule has 1 aliphatic carbocycles. The number of carbonyl (C=O) groups is 2. The Morgan fingerprint density at radius 1 is 1.11 bits per heavy atom. The maximum Gasteiger partial charge on any atom is 0.247 e. The van der Waals surface area contributed by atoms with Crippen LogP contribution in [0.15, 0.2) is 24.3 Å². The molecule has 3 N–H and O–H groups in total. The SMILES string of the molecule is O=C1NCCN(C(=O)C2CNNC2C2CCCCC2)C1c1ccc(F)cc1. The summed E-state index contributed by atoms with van der Waals surface area (Å²) < 4.78 is 13.3. The van der Waals surface area contributed by atoms with Crippen LogP contribution in [0.5, 0.6) is 0 Å². The summed E-state index contributed by atoms with van der Waals surface area (Å²) in [5.41, 5.74) is 7.14. The highest BCUT2D eigenvalue weighted by molar-refractivity contribution is 5.91. The van der Waals surface area contributed by atoms with E-state index in [-0.39, 0.29) is 29.6 Å². The summed E-state index contributed by atoms with van der Waals surface area (Å²) in [6.07, 6.45) is 5.99. The molecule has 3 fully saturated rings. The Morgan fingerprint density at radius 2 is 1.85 bits per heavy atom. The molecule has 6 nitrogen and oxygen atoms in total. The van der Waals surface area contributed by atoms with Crippen LogP contribution in [0.2, 0.25) is 0 Å². The molecular formula is C20H27FN4O2. The van der Waals surface area contributed by atoms with Gasteiger partial charge in [0.2, 0.25) is 11.8 Å². The molecule has 1 aromatic rings. The zero-order valence-electron chi connectivity index (χ0n) is 15.4. The monoisotopic (exact) mass is 374 g/mol. The first kappa shape index (κ1) is 18.4. The zero-order chi connectivity index (χ0) is 18.8. The van der Waals surface area contributed by atoms with Crippen LogP contribution in [0, 0.1) is 17.7 Å². The summed E-state index contributed by atoms with van der Waals surface area (Å²) in [6.45, 7) is 1.50. The van der Waals surface area contributed by atoms with Crippen LogP contribution < -0.4 is 16.2 Å². The molecule has 2 heterocycles. The molecule has 3 unspecified atom stereocenters. The zero-order valence-corrected chi connectivity index (χ0v) is 15.4. The van der Waals surface area contributed by atoms with E-state index in [2.05, 4.69) is 16.2 Å². The maximum absolute atomic E-state index is 13.4. The third-order valence-electron chi connectivity index (χ3n) is 6.18. The molecule has 3 atom stereocenters. The normalized spacial score (nSPS) is 29.6. The van der Waals surface area contributed by atoms with Crippen molar-refractivity contribution in [3.8, 4) is 0 Å². The summed E-state index contributed by atoms with van der Waals surface area (Å²) in [4.78, 5) is 27.7. The summed E-state index contributed by atoms with van der Waals surface area (Å²) in [5.74, 6) is -0.233. The molecule has 1 saturated carbocycles. The van der Waals surface area contributed by atoms with Crippen molar-refractivity contribution in [2.24, 2.45) is 11.8 Å². The van der Waals surface area contributed by atoms with Crippen molar-refractivity contribution in [3.63, 3.8) is 0 Å². The van der Waals surface area contributed by atoms with Gasteiger partial charge in [-0.25, -0.2) is 4.39 Å². The van der Waals surface area contributed by atoms with Gasteiger partial charge in [0.1, 0.15) is 11.9 Å². The fourth-order valence-electron chi connectivity index (χ4n) is 4.79. The highest BCUT2D eigenvalue weighted by atomic mass is 19.1. The number of benzene rings is 1. The van der Waals surface area contributed by atoms with Crippen LogP contribution in [0.1, 0.15) is 43.7 Å². The van der Waals surface area contributed by atoms with Crippen molar-refractivity contribution in [3.05, 3.63) is 35.6 Å². The smallest absolute Gasteiger partial charge is 0.247 e. The molecule has 0 spiro atoms. The number of hydrogen-bond acceptors (Lipinski definition) is 4. The second kappa shape index (κ2) is 7.94. The van der Waals surface area contributed by atoms with E-state index in [4.69, 9.17) is 0 Å².